The predicted molar refractivity (Wildman–Crippen MR) is 87.5 cm³/mol. The molecule has 2 atom stereocenters. The van der Waals surface area contributed by atoms with Gasteiger partial charge in [-0.15, -0.1) is 0 Å². The van der Waals surface area contributed by atoms with Crippen molar-refractivity contribution in [1.29, 1.82) is 0 Å². The maximum atomic E-state index is 12.2. The third-order valence-corrected chi connectivity index (χ3v) is 3.77. The normalized spacial score (nSPS) is 22.0. The molecule has 0 radical (unpaired) electrons. The SMILES string of the molecule is CC(NCC(C)(C)C)C1CCCN(C(=O)OC(C)(C)C)C1. The minimum Gasteiger partial charge on any atom is -0.444 e. The molecule has 1 amide bonds. The van der Waals surface area contributed by atoms with Gasteiger partial charge < -0.3 is 15.0 Å². The molecule has 4 heteroatoms. The number of rotatable bonds is 3. The second kappa shape index (κ2) is 6.99. The molecule has 1 rings (SSSR count). The van der Waals surface area contributed by atoms with Gasteiger partial charge in [0.15, 0.2) is 0 Å². The lowest BCUT2D eigenvalue weighted by atomic mass is 9.90. The fourth-order valence-corrected chi connectivity index (χ4v) is 2.54. The van der Waals surface area contributed by atoms with Crippen molar-refractivity contribution in [3.8, 4) is 0 Å². The van der Waals surface area contributed by atoms with Crippen LogP contribution in [0, 0.1) is 11.3 Å². The van der Waals surface area contributed by atoms with E-state index in [0.29, 0.717) is 12.0 Å². The summed E-state index contributed by atoms with van der Waals surface area (Å²) in [7, 11) is 0. The minimum atomic E-state index is -0.417. The zero-order valence-electron chi connectivity index (χ0n) is 15.0. The molecule has 0 aromatic carbocycles. The van der Waals surface area contributed by atoms with Crippen LogP contribution in [-0.4, -0.2) is 42.3 Å². The lowest BCUT2D eigenvalue weighted by molar-refractivity contribution is 0.0146. The van der Waals surface area contributed by atoms with Crippen molar-refractivity contribution in [2.75, 3.05) is 19.6 Å². The summed E-state index contributed by atoms with van der Waals surface area (Å²) in [5.41, 5.74) is -0.131. The van der Waals surface area contributed by atoms with Gasteiger partial charge in [-0.2, -0.15) is 0 Å². The molecule has 1 aliphatic rings. The molecule has 0 aliphatic carbocycles. The van der Waals surface area contributed by atoms with Crippen LogP contribution in [0.1, 0.15) is 61.3 Å². The number of hydrogen-bond donors (Lipinski definition) is 1. The number of nitrogens with one attached hydrogen (secondary N) is 1. The summed E-state index contributed by atoms with van der Waals surface area (Å²) in [6.45, 7) is 17.3. The van der Waals surface area contributed by atoms with E-state index in [0.717, 1.165) is 26.1 Å². The van der Waals surface area contributed by atoms with Gasteiger partial charge in [0.05, 0.1) is 0 Å². The highest BCUT2D eigenvalue weighted by Crippen LogP contribution is 2.22. The predicted octanol–water partition coefficient (Wildman–Crippen LogP) is 3.66. The fourth-order valence-electron chi connectivity index (χ4n) is 2.54. The van der Waals surface area contributed by atoms with Gasteiger partial charge in [0.2, 0.25) is 0 Å². The van der Waals surface area contributed by atoms with E-state index in [4.69, 9.17) is 4.74 Å². The molecule has 1 saturated heterocycles. The maximum absolute atomic E-state index is 12.2. The van der Waals surface area contributed by atoms with Crippen molar-refractivity contribution in [3.05, 3.63) is 0 Å². The molecular formula is C17H34N2O2. The van der Waals surface area contributed by atoms with Crippen LogP contribution in [0.25, 0.3) is 0 Å². The first-order chi connectivity index (χ1) is 9.48. The monoisotopic (exact) mass is 298 g/mol. The first kappa shape index (κ1) is 18.3. The Balaban J connectivity index is 2.50. The van der Waals surface area contributed by atoms with E-state index >= 15 is 0 Å². The van der Waals surface area contributed by atoms with Crippen LogP contribution in [-0.2, 0) is 4.74 Å². The molecule has 124 valence electrons. The number of carbonyl (C=O) groups excluding carboxylic acids is 1. The first-order valence-electron chi connectivity index (χ1n) is 8.19. The average Bonchev–Trinajstić information content (AvgIpc) is 2.33. The summed E-state index contributed by atoms with van der Waals surface area (Å²) in [6.07, 6.45) is 2.07. The molecule has 4 nitrogen and oxygen atoms in total. The van der Waals surface area contributed by atoms with Gasteiger partial charge in [-0.25, -0.2) is 4.79 Å². The maximum Gasteiger partial charge on any atom is 0.410 e. The number of likely N-dealkylation sites (tertiary alicyclic amines) is 1. The molecule has 0 aromatic rings. The Morgan fingerprint density at radius 3 is 2.43 bits per heavy atom. The van der Waals surface area contributed by atoms with Crippen LogP contribution in [0.5, 0.6) is 0 Å². The minimum absolute atomic E-state index is 0.171. The molecule has 0 bridgehead atoms. The molecular weight excluding hydrogens is 264 g/mol. The second-order valence-corrected chi connectivity index (χ2v) is 8.56. The van der Waals surface area contributed by atoms with Crippen molar-refractivity contribution in [2.45, 2.75) is 73.0 Å². The number of piperidine rings is 1. The lowest BCUT2D eigenvalue weighted by Gasteiger charge is -2.37. The Bertz CT molecular complexity index is 342. The molecule has 0 spiro atoms. The largest absolute Gasteiger partial charge is 0.444 e. The summed E-state index contributed by atoms with van der Waals surface area (Å²) in [5.74, 6) is 0.508. The summed E-state index contributed by atoms with van der Waals surface area (Å²) in [4.78, 5) is 14.1. The topological polar surface area (TPSA) is 41.6 Å². The summed E-state index contributed by atoms with van der Waals surface area (Å²) in [5, 5.41) is 3.62. The smallest absolute Gasteiger partial charge is 0.410 e. The first-order valence-corrected chi connectivity index (χ1v) is 8.19. The highest BCUT2D eigenvalue weighted by atomic mass is 16.6. The van der Waals surface area contributed by atoms with E-state index in [1.165, 1.54) is 6.42 Å². The molecule has 0 aromatic heterocycles. The van der Waals surface area contributed by atoms with Crippen LogP contribution in [0.3, 0.4) is 0 Å². The van der Waals surface area contributed by atoms with E-state index in [9.17, 15) is 4.79 Å². The summed E-state index contributed by atoms with van der Waals surface area (Å²) < 4.78 is 5.49. The Hall–Kier alpha value is -0.770. The van der Waals surface area contributed by atoms with Crippen molar-refractivity contribution < 1.29 is 9.53 Å². The van der Waals surface area contributed by atoms with Crippen molar-refractivity contribution in [2.24, 2.45) is 11.3 Å². The molecule has 1 N–H and O–H groups in total. The number of hydrogen-bond acceptors (Lipinski definition) is 3. The number of nitrogens with zero attached hydrogens (tertiary/aromatic N) is 1. The van der Waals surface area contributed by atoms with E-state index in [-0.39, 0.29) is 11.5 Å². The molecule has 21 heavy (non-hydrogen) atoms. The second-order valence-electron chi connectivity index (χ2n) is 8.56. The standard InChI is InChI=1S/C17H34N2O2/c1-13(18-12-16(2,3)4)14-9-8-10-19(11-14)15(20)21-17(5,6)7/h13-14,18H,8-12H2,1-7H3. The van der Waals surface area contributed by atoms with Gasteiger partial charge in [-0.1, -0.05) is 20.8 Å². The van der Waals surface area contributed by atoms with Crippen LogP contribution in [0.4, 0.5) is 4.79 Å². The van der Waals surface area contributed by atoms with Gasteiger partial charge in [0.25, 0.3) is 0 Å². The Morgan fingerprint density at radius 2 is 1.90 bits per heavy atom. The highest BCUT2D eigenvalue weighted by molar-refractivity contribution is 5.68. The number of carbonyl (C=O) groups is 1. The Labute approximate surface area is 130 Å². The average molecular weight is 298 g/mol. The highest BCUT2D eigenvalue weighted by Gasteiger charge is 2.30. The van der Waals surface area contributed by atoms with E-state index in [1.54, 1.807) is 0 Å². The van der Waals surface area contributed by atoms with Gasteiger partial charge in [-0.3, -0.25) is 0 Å². The van der Waals surface area contributed by atoms with Gasteiger partial charge in [0, 0.05) is 25.7 Å². The third kappa shape index (κ3) is 7.16. The van der Waals surface area contributed by atoms with E-state index in [2.05, 4.69) is 33.0 Å². The van der Waals surface area contributed by atoms with Gasteiger partial charge in [0.1, 0.15) is 5.60 Å². The van der Waals surface area contributed by atoms with Crippen molar-refractivity contribution in [3.63, 3.8) is 0 Å². The fraction of sp³-hybridized carbons (Fsp3) is 0.941. The summed E-state index contributed by atoms with van der Waals surface area (Å²) >= 11 is 0. The third-order valence-electron chi connectivity index (χ3n) is 3.77. The number of ether oxygens (including phenoxy) is 1. The van der Waals surface area contributed by atoms with Crippen LogP contribution >= 0.6 is 0 Å². The van der Waals surface area contributed by atoms with Gasteiger partial charge in [-0.05, 0) is 51.9 Å². The van der Waals surface area contributed by atoms with Crippen molar-refractivity contribution in [1.82, 2.24) is 10.2 Å². The quantitative estimate of drug-likeness (QED) is 0.864. The Kier molecular flexibility index (Phi) is 6.09. The number of amides is 1. The van der Waals surface area contributed by atoms with Crippen molar-refractivity contribution >= 4 is 6.09 Å². The van der Waals surface area contributed by atoms with Crippen LogP contribution in [0.15, 0.2) is 0 Å². The van der Waals surface area contributed by atoms with Gasteiger partial charge >= 0.3 is 6.09 Å². The molecule has 1 aliphatic heterocycles. The molecule has 1 heterocycles. The van der Waals surface area contributed by atoms with Crippen LogP contribution in [0.2, 0.25) is 0 Å². The zero-order chi connectivity index (χ0) is 16.3. The van der Waals surface area contributed by atoms with Crippen LogP contribution < -0.4 is 5.32 Å². The molecule has 2 unspecified atom stereocenters. The van der Waals surface area contributed by atoms with E-state index in [1.807, 2.05) is 25.7 Å². The molecule has 0 saturated carbocycles. The Morgan fingerprint density at radius 1 is 1.29 bits per heavy atom. The molecule has 1 fully saturated rings. The zero-order valence-corrected chi connectivity index (χ0v) is 15.0. The summed E-state index contributed by atoms with van der Waals surface area (Å²) in [6, 6.07) is 0.425. The van der Waals surface area contributed by atoms with E-state index < -0.39 is 5.60 Å². The lowest BCUT2D eigenvalue weighted by Crippen LogP contribution is -2.48.